The van der Waals surface area contributed by atoms with Crippen LogP contribution in [0.3, 0.4) is 0 Å². The van der Waals surface area contributed by atoms with Crippen molar-refractivity contribution in [2.24, 2.45) is 17.3 Å². The van der Waals surface area contributed by atoms with E-state index in [2.05, 4.69) is 58.2 Å². The first-order chi connectivity index (χ1) is 14.6. The lowest BCUT2D eigenvalue weighted by atomic mass is 9.76. The fourth-order valence-electron chi connectivity index (χ4n) is 4.36. The summed E-state index contributed by atoms with van der Waals surface area (Å²) < 4.78 is 17.4. The molecule has 0 aromatic heterocycles. The van der Waals surface area contributed by atoms with Crippen LogP contribution < -0.4 is 9.47 Å². The summed E-state index contributed by atoms with van der Waals surface area (Å²) in [7, 11) is 2.11. The lowest BCUT2D eigenvalue weighted by molar-refractivity contribution is -0.121. The summed E-state index contributed by atoms with van der Waals surface area (Å²) in [4.78, 5) is 11.8. The Morgan fingerprint density at radius 2 is 1.84 bits per heavy atom. The molecule has 0 amide bonds. The van der Waals surface area contributed by atoms with Gasteiger partial charge in [0.05, 0.1) is 20.3 Å². The summed E-state index contributed by atoms with van der Waals surface area (Å²) in [6.07, 6.45) is 10.4. The number of rotatable bonds is 10. The molecule has 3 unspecified atom stereocenters. The summed E-state index contributed by atoms with van der Waals surface area (Å²) in [6.45, 7) is 11.3. The second-order valence-electron chi connectivity index (χ2n) is 10.1. The first-order valence-corrected chi connectivity index (χ1v) is 14.5. The molecule has 0 saturated heterocycles. The Balaban J connectivity index is 2.15. The molecule has 0 bridgehead atoms. The summed E-state index contributed by atoms with van der Waals surface area (Å²) in [5.41, 5.74) is 1.31. The van der Waals surface area contributed by atoms with Crippen molar-refractivity contribution in [3.8, 4) is 11.5 Å². The molecular weight excluding hydrogens is 404 g/mol. The number of ketones is 1. The van der Waals surface area contributed by atoms with Crippen molar-refractivity contribution in [2.75, 3.05) is 14.2 Å². The average molecular weight is 447 g/mol. The number of hydrogen-bond acceptors (Lipinski definition) is 4. The van der Waals surface area contributed by atoms with E-state index in [1.54, 1.807) is 14.2 Å². The van der Waals surface area contributed by atoms with E-state index < -0.39 is 9.04 Å². The quantitative estimate of drug-likeness (QED) is 0.304. The van der Waals surface area contributed by atoms with E-state index in [1.165, 1.54) is 0 Å². The minimum atomic E-state index is -1.22. The molecule has 5 heteroatoms. The van der Waals surface area contributed by atoms with Crippen LogP contribution in [0.4, 0.5) is 0 Å². The minimum absolute atomic E-state index is 0.0565. The third kappa shape index (κ3) is 8.11. The molecule has 0 radical (unpaired) electrons. The Labute approximate surface area is 191 Å². The molecule has 1 aliphatic rings. The summed E-state index contributed by atoms with van der Waals surface area (Å²) in [5.74, 6) is 2.74. The van der Waals surface area contributed by atoms with Crippen LogP contribution in [0.5, 0.6) is 11.5 Å². The van der Waals surface area contributed by atoms with Gasteiger partial charge in [-0.2, -0.15) is 0 Å². The number of carbonyl (C=O) groups is 1. The molecule has 2 rings (SSSR count). The maximum absolute atomic E-state index is 11.8. The van der Waals surface area contributed by atoms with Gasteiger partial charge >= 0.3 is 0 Å². The van der Waals surface area contributed by atoms with Gasteiger partial charge in [0.25, 0.3) is 0 Å². The van der Waals surface area contributed by atoms with Gasteiger partial charge in [0.1, 0.15) is 5.78 Å². The SMILES string of the molecule is COc1ccc(C(CCC(C=CC2CCCC(=O)C2)C(C)(C)C)O[SiH](C)C)cc1OC. The second-order valence-corrected chi connectivity index (χ2v) is 12.5. The van der Waals surface area contributed by atoms with Crippen LogP contribution in [-0.2, 0) is 9.22 Å². The van der Waals surface area contributed by atoms with E-state index in [9.17, 15) is 4.79 Å². The van der Waals surface area contributed by atoms with Crippen molar-refractivity contribution in [2.45, 2.75) is 78.5 Å². The van der Waals surface area contributed by atoms with E-state index in [0.717, 1.165) is 49.2 Å². The van der Waals surface area contributed by atoms with Gasteiger partial charge in [0, 0.05) is 12.8 Å². The zero-order valence-electron chi connectivity index (χ0n) is 20.6. The van der Waals surface area contributed by atoms with E-state index in [-0.39, 0.29) is 11.5 Å². The molecule has 1 aromatic carbocycles. The average Bonchev–Trinajstić information content (AvgIpc) is 2.71. The van der Waals surface area contributed by atoms with E-state index >= 15 is 0 Å². The molecule has 1 aromatic rings. The van der Waals surface area contributed by atoms with Gasteiger partial charge in [0.15, 0.2) is 20.5 Å². The van der Waals surface area contributed by atoms with E-state index in [1.807, 2.05) is 6.07 Å². The van der Waals surface area contributed by atoms with Crippen LogP contribution in [-0.4, -0.2) is 29.0 Å². The molecule has 0 spiro atoms. The highest BCUT2D eigenvalue weighted by Gasteiger charge is 2.26. The molecule has 174 valence electrons. The molecule has 0 N–H and O–H groups in total. The summed E-state index contributed by atoms with van der Waals surface area (Å²) in [5, 5.41) is 0. The minimum Gasteiger partial charge on any atom is -0.493 e. The number of allylic oxidation sites excluding steroid dienone is 2. The van der Waals surface area contributed by atoms with Crippen LogP contribution in [0, 0.1) is 17.3 Å². The number of carbonyl (C=O) groups excluding carboxylic acids is 1. The molecule has 3 atom stereocenters. The fourth-order valence-corrected chi connectivity index (χ4v) is 5.31. The third-order valence-corrected chi connectivity index (χ3v) is 7.08. The fraction of sp³-hybridized carbons (Fsp3) is 0.654. The maximum atomic E-state index is 11.8. The Morgan fingerprint density at radius 3 is 2.42 bits per heavy atom. The number of methoxy groups -OCH3 is 2. The van der Waals surface area contributed by atoms with Crippen molar-refractivity contribution < 1.29 is 18.7 Å². The van der Waals surface area contributed by atoms with Gasteiger partial charge < -0.3 is 13.9 Å². The van der Waals surface area contributed by atoms with Crippen molar-refractivity contribution in [3.05, 3.63) is 35.9 Å². The maximum Gasteiger partial charge on any atom is 0.171 e. The zero-order chi connectivity index (χ0) is 23.0. The molecule has 1 aliphatic carbocycles. The monoisotopic (exact) mass is 446 g/mol. The standard InChI is InChI=1S/C26H42O4Si/c1-26(2,3)21(13-11-19-9-8-10-22(27)17-19)14-16-23(30-31(6)7)20-12-15-24(28-4)25(18-20)29-5/h11-13,15,18-19,21,23,31H,8-10,14,16-17H2,1-7H3. The zero-order valence-corrected chi connectivity index (χ0v) is 21.7. The van der Waals surface area contributed by atoms with Gasteiger partial charge in [-0.15, -0.1) is 0 Å². The number of benzene rings is 1. The predicted molar refractivity (Wildman–Crippen MR) is 131 cm³/mol. The largest absolute Gasteiger partial charge is 0.493 e. The van der Waals surface area contributed by atoms with Crippen molar-refractivity contribution in [3.63, 3.8) is 0 Å². The molecule has 1 fully saturated rings. The van der Waals surface area contributed by atoms with E-state index in [0.29, 0.717) is 24.0 Å². The lowest BCUT2D eigenvalue weighted by Gasteiger charge is -2.31. The summed E-state index contributed by atoms with van der Waals surface area (Å²) >= 11 is 0. The number of ether oxygens (including phenoxy) is 2. The van der Waals surface area contributed by atoms with Gasteiger partial charge in [-0.3, -0.25) is 4.79 Å². The van der Waals surface area contributed by atoms with Crippen LogP contribution in [0.1, 0.15) is 71.0 Å². The lowest BCUT2D eigenvalue weighted by Crippen LogP contribution is -2.22. The van der Waals surface area contributed by atoms with Gasteiger partial charge in [-0.05, 0) is 73.7 Å². The first-order valence-electron chi connectivity index (χ1n) is 11.7. The summed E-state index contributed by atoms with van der Waals surface area (Å²) in [6, 6.07) is 6.11. The first kappa shape index (κ1) is 25.7. The van der Waals surface area contributed by atoms with Crippen LogP contribution in [0.15, 0.2) is 30.4 Å². The van der Waals surface area contributed by atoms with Crippen molar-refractivity contribution >= 4 is 14.8 Å². The molecular formula is C26H42O4Si. The van der Waals surface area contributed by atoms with Gasteiger partial charge in [0.2, 0.25) is 0 Å². The molecule has 31 heavy (non-hydrogen) atoms. The smallest absolute Gasteiger partial charge is 0.171 e. The van der Waals surface area contributed by atoms with Crippen LogP contribution >= 0.6 is 0 Å². The van der Waals surface area contributed by atoms with E-state index in [4.69, 9.17) is 13.9 Å². The third-order valence-electron chi connectivity index (χ3n) is 6.20. The van der Waals surface area contributed by atoms with Crippen LogP contribution in [0.2, 0.25) is 13.1 Å². The Hall–Kier alpha value is -1.59. The Kier molecular flexibility index (Phi) is 9.82. The number of Topliss-reactive ketones (excluding diaryl/α,β-unsaturated/α-hetero) is 1. The van der Waals surface area contributed by atoms with Crippen LogP contribution in [0.25, 0.3) is 0 Å². The Morgan fingerprint density at radius 1 is 1.13 bits per heavy atom. The van der Waals surface area contributed by atoms with Crippen molar-refractivity contribution in [1.82, 2.24) is 0 Å². The molecule has 4 nitrogen and oxygen atoms in total. The van der Waals surface area contributed by atoms with Gasteiger partial charge in [-0.1, -0.05) is 39.0 Å². The Bertz CT molecular complexity index is 735. The topological polar surface area (TPSA) is 44.8 Å². The molecule has 1 saturated carbocycles. The highest BCUT2D eigenvalue weighted by Crippen LogP contribution is 2.37. The van der Waals surface area contributed by atoms with Gasteiger partial charge in [-0.25, -0.2) is 0 Å². The van der Waals surface area contributed by atoms with Crippen molar-refractivity contribution in [1.29, 1.82) is 0 Å². The normalized spacial score (nSPS) is 19.6. The number of hydrogen-bond donors (Lipinski definition) is 0. The predicted octanol–water partition coefficient (Wildman–Crippen LogP) is 6.50. The molecule has 0 heterocycles. The highest BCUT2D eigenvalue weighted by atomic mass is 28.3. The second kappa shape index (κ2) is 11.9. The molecule has 0 aliphatic heterocycles. The highest BCUT2D eigenvalue weighted by molar-refractivity contribution is 6.48.